The van der Waals surface area contributed by atoms with Gasteiger partial charge in [0.1, 0.15) is 6.54 Å². The third-order valence-electron chi connectivity index (χ3n) is 3.40. The molecule has 10 nitrogen and oxygen atoms in total. The number of esters is 1. The fourth-order valence-corrected chi connectivity index (χ4v) is 3.16. The molecule has 1 aromatic rings. The molecule has 1 saturated heterocycles. The van der Waals surface area contributed by atoms with E-state index >= 15 is 0 Å². The first-order chi connectivity index (χ1) is 13.1. The molecule has 0 atom stereocenters. The number of hydrogen-bond donors (Lipinski definition) is 1. The van der Waals surface area contributed by atoms with Gasteiger partial charge in [0.25, 0.3) is 11.1 Å². The van der Waals surface area contributed by atoms with Gasteiger partial charge in [-0.05, 0) is 50.2 Å². The van der Waals surface area contributed by atoms with Crippen molar-refractivity contribution < 1.29 is 33.9 Å². The van der Waals surface area contributed by atoms with Crippen molar-refractivity contribution in [3.8, 4) is 11.5 Å². The topological polar surface area (TPSA) is 136 Å². The Kier molecular flexibility index (Phi) is 6.62. The maximum atomic E-state index is 12.4. The van der Waals surface area contributed by atoms with Crippen LogP contribution in [0, 0.1) is 10.1 Å². The Balaban J connectivity index is 2.32. The SMILES string of the molecule is CCOc1cc(/C=C2\SC(=O)N(CC(=O)OC(C)C)C2=O)cc([N+](=O)[O-])c1O. The zero-order valence-electron chi connectivity index (χ0n) is 15.3. The molecule has 0 aromatic heterocycles. The molecule has 150 valence electrons. The lowest BCUT2D eigenvalue weighted by Gasteiger charge is -2.13. The highest BCUT2D eigenvalue weighted by Crippen LogP contribution is 2.39. The van der Waals surface area contributed by atoms with Gasteiger partial charge >= 0.3 is 11.7 Å². The molecule has 0 unspecified atom stereocenters. The Morgan fingerprint density at radius 2 is 2.07 bits per heavy atom. The van der Waals surface area contributed by atoms with Crippen molar-refractivity contribution in [1.82, 2.24) is 4.90 Å². The van der Waals surface area contributed by atoms with E-state index in [1.54, 1.807) is 20.8 Å². The molecule has 0 spiro atoms. The molecule has 1 heterocycles. The molecule has 0 saturated carbocycles. The van der Waals surface area contributed by atoms with E-state index in [-0.39, 0.29) is 22.8 Å². The number of hydrogen-bond acceptors (Lipinski definition) is 9. The minimum Gasteiger partial charge on any atom is -0.500 e. The van der Waals surface area contributed by atoms with Gasteiger partial charge in [0, 0.05) is 6.07 Å². The Morgan fingerprint density at radius 1 is 1.39 bits per heavy atom. The van der Waals surface area contributed by atoms with Crippen molar-refractivity contribution in [3.63, 3.8) is 0 Å². The second-order valence-electron chi connectivity index (χ2n) is 5.88. The summed E-state index contributed by atoms with van der Waals surface area (Å²) >= 11 is 0.593. The average molecular weight is 410 g/mol. The fourth-order valence-electron chi connectivity index (χ4n) is 2.32. The standard InChI is InChI=1S/C17H18N2O8S/c1-4-26-12-6-10(5-11(15(12)21)19(24)25)7-13-16(22)18(17(23)28-13)8-14(20)27-9(2)3/h5-7,9,21H,4,8H2,1-3H3/b13-7-. The van der Waals surface area contributed by atoms with E-state index in [1.165, 1.54) is 12.1 Å². The summed E-state index contributed by atoms with van der Waals surface area (Å²) in [7, 11) is 0. The summed E-state index contributed by atoms with van der Waals surface area (Å²) in [5, 5.41) is 20.4. The number of rotatable bonds is 7. The van der Waals surface area contributed by atoms with E-state index in [9.17, 15) is 29.6 Å². The van der Waals surface area contributed by atoms with Crippen LogP contribution >= 0.6 is 11.8 Å². The van der Waals surface area contributed by atoms with Crippen molar-refractivity contribution in [2.24, 2.45) is 0 Å². The van der Waals surface area contributed by atoms with Gasteiger partial charge in [-0.2, -0.15) is 0 Å². The van der Waals surface area contributed by atoms with Gasteiger partial charge in [0.15, 0.2) is 5.75 Å². The highest BCUT2D eigenvalue weighted by atomic mass is 32.2. The first-order valence-electron chi connectivity index (χ1n) is 8.23. The number of nitro benzene ring substituents is 1. The summed E-state index contributed by atoms with van der Waals surface area (Å²) in [6.07, 6.45) is 0.866. The molecular formula is C17H18N2O8S. The van der Waals surface area contributed by atoms with Crippen molar-refractivity contribution >= 4 is 40.6 Å². The van der Waals surface area contributed by atoms with Crippen LogP contribution in [0.3, 0.4) is 0 Å². The number of nitrogens with zero attached hydrogens (tertiary/aromatic N) is 2. The Morgan fingerprint density at radius 3 is 2.64 bits per heavy atom. The van der Waals surface area contributed by atoms with Crippen LogP contribution in [-0.4, -0.2) is 51.3 Å². The number of phenolic OH excluding ortho intramolecular Hbond substituents is 1. The summed E-state index contributed by atoms with van der Waals surface area (Å²) in [6.45, 7) is 4.54. The molecule has 11 heteroatoms. The summed E-state index contributed by atoms with van der Waals surface area (Å²) in [6, 6.07) is 2.37. The zero-order chi connectivity index (χ0) is 21.0. The van der Waals surface area contributed by atoms with Crippen LogP contribution in [0.25, 0.3) is 6.08 Å². The molecule has 1 fully saturated rings. The van der Waals surface area contributed by atoms with E-state index in [0.717, 1.165) is 11.0 Å². The number of imide groups is 1. The van der Waals surface area contributed by atoms with E-state index in [2.05, 4.69) is 0 Å². The third kappa shape index (κ3) is 4.80. The van der Waals surface area contributed by atoms with Gasteiger partial charge < -0.3 is 14.6 Å². The molecule has 1 aliphatic heterocycles. The van der Waals surface area contributed by atoms with Gasteiger partial charge in [0.2, 0.25) is 5.75 Å². The Hall–Kier alpha value is -3.08. The van der Waals surface area contributed by atoms with Crippen LogP contribution < -0.4 is 4.74 Å². The number of carbonyl (C=O) groups is 3. The predicted octanol–water partition coefficient (Wildman–Crippen LogP) is 2.69. The van der Waals surface area contributed by atoms with E-state index in [0.29, 0.717) is 11.8 Å². The molecule has 2 amide bonds. The molecule has 0 bridgehead atoms. The number of amides is 2. The summed E-state index contributed by atoms with van der Waals surface area (Å²) in [4.78, 5) is 47.3. The number of phenols is 1. The minimum atomic E-state index is -0.789. The molecule has 28 heavy (non-hydrogen) atoms. The van der Waals surface area contributed by atoms with E-state index in [4.69, 9.17) is 9.47 Å². The van der Waals surface area contributed by atoms with Crippen LogP contribution in [0.15, 0.2) is 17.0 Å². The first-order valence-corrected chi connectivity index (χ1v) is 9.04. The van der Waals surface area contributed by atoms with Crippen LogP contribution in [0.4, 0.5) is 10.5 Å². The largest absolute Gasteiger partial charge is 0.500 e. The number of nitro groups is 1. The van der Waals surface area contributed by atoms with E-state index < -0.39 is 46.1 Å². The molecule has 2 rings (SSSR count). The summed E-state index contributed by atoms with van der Waals surface area (Å²) in [5.41, 5.74) is -0.417. The molecule has 1 N–H and O–H groups in total. The molecule has 1 aromatic carbocycles. The second-order valence-corrected chi connectivity index (χ2v) is 6.88. The highest BCUT2D eigenvalue weighted by molar-refractivity contribution is 8.18. The van der Waals surface area contributed by atoms with Gasteiger partial charge in [0.05, 0.1) is 22.5 Å². The summed E-state index contributed by atoms with van der Waals surface area (Å²) in [5.74, 6) is -2.20. The van der Waals surface area contributed by atoms with Gasteiger partial charge in [-0.3, -0.25) is 29.4 Å². The maximum Gasteiger partial charge on any atom is 0.326 e. The summed E-state index contributed by atoms with van der Waals surface area (Å²) < 4.78 is 10.1. The molecule has 1 aliphatic rings. The fraction of sp³-hybridized carbons (Fsp3) is 0.353. The monoisotopic (exact) mass is 410 g/mol. The van der Waals surface area contributed by atoms with Gasteiger partial charge in [-0.25, -0.2) is 0 Å². The third-order valence-corrected chi connectivity index (χ3v) is 4.31. The van der Waals surface area contributed by atoms with Crippen molar-refractivity contribution in [2.75, 3.05) is 13.2 Å². The Bertz CT molecular complexity index is 865. The molecule has 0 aliphatic carbocycles. The zero-order valence-corrected chi connectivity index (χ0v) is 16.1. The smallest absolute Gasteiger partial charge is 0.326 e. The van der Waals surface area contributed by atoms with Crippen molar-refractivity contribution in [3.05, 3.63) is 32.7 Å². The van der Waals surface area contributed by atoms with Crippen LogP contribution in [0.5, 0.6) is 11.5 Å². The van der Waals surface area contributed by atoms with Crippen molar-refractivity contribution in [2.45, 2.75) is 26.9 Å². The quantitative estimate of drug-likeness (QED) is 0.311. The van der Waals surface area contributed by atoms with Gasteiger partial charge in [-0.1, -0.05) is 0 Å². The lowest BCUT2D eigenvalue weighted by Crippen LogP contribution is -2.35. The van der Waals surface area contributed by atoms with E-state index in [1.807, 2.05) is 0 Å². The first kappa shape index (κ1) is 21.2. The van der Waals surface area contributed by atoms with Crippen LogP contribution in [-0.2, 0) is 14.3 Å². The second kappa shape index (κ2) is 8.74. The van der Waals surface area contributed by atoms with Crippen LogP contribution in [0.1, 0.15) is 26.3 Å². The number of benzene rings is 1. The maximum absolute atomic E-state index is 12.4. The molecule has 0 radical (unpaired) electrons. The number of carbonyl (C=O) groups excluding carboxylic acids is 3. The number of ether oxygens (including phenoxy) is 2. The molecular weight excluding hydrogens is 392 g/mol. The normalized spacial score (nSPS) is 15.4. The van der Waals surface area contributed by atoms with Crippen molar-refractivity contribution in [1.29, 1.82) is 0 Å². The lowest BCUT2D eigenvalue weighted by atomic mass is 10.1. The predicted molar refractivity (Wildman–Crippen MR) is 99.8 cm³/mol. The van der Waals surface area contributed by atoms with Gasteiger partial charge in [-0.15, -0.1) is 0 Å². The number of thioether (sulfide) groups is 1. The van der Waals surface area contributed by atoms with Crippen LogP contribution in [0.2, 0.25) is 0 Å². The number of aromatic hydroxyl groups is 1. The highest BCUT2D eigenvalue weighted by Gasteiger charge is 2.37. The Labute approximate surface area is 164 Å². The lowest BCUT2D eigenvalue weighted by molar-refractivity contribution is -0.386. The minimum absolute atomic E-state index is 0.0233. The average Bonchev–Trinajstić information content (AvgIpc) is 2.84.